The third-order valence-corrected chi connectivity index (χ3v) is 3.84. The van der Waals surface area contributed by atoms with Crippen LogP contribution in [-0.2, 0) is 22.7 Å². The molecule has 2 aromatic rings. The van der Waals surface area contributed by atoms with Crippen LogP contribution in [0, 0.1) is 0 Å². The molecule has 0 aliphatic heterocycles. The summed E-state index contributed by atoms with van der Waals surface area (Å²) in [6.07, 6.45) is 1.46. The normalized spacial score (nSPS) is 10.3. The molecule has 0 saturated carbocycles. The van der Waals surface area contributed by atoms with Crippen LogP contribution < -0.4 is 5.32 Å². The number of aromatic nitrogens is 3. The number of benzene rings is 1. The van der Waals surface area contributed by atoms with Crippen molar-refractivity contribution in [2.45, 2.75) is 13.1 Å². The van der Waals surface area contributed by atoms with E-state index in [4.69, 9.17) is 5.11 Å². The fraction of sp³-hybridized carbons (Fsp3) is 0.267. The van der Waals surface area contributed by atoms with Gasteiger partial charge in [-0.25, -0.2) is 4.68 Å². The van der Waals surface area contributed by atoms with Crippen LogP contribution in [0.5, 0.6) is 0 Å². The number of nitrogens with zero attached hydrogens (tertiary/aromatic N) is 3. The molecule has 24 heavy (non-hydrogen) atoms. The van der Waals surface area contributed by atoms with E-state index in [0.29, 0.717) is 11.3 Å². The number of thioether (sulfide) groups is 1. The predicted octanol–water partition coefficient (Wildman–Crippen LogP) is 0.595. The zero-order chi connectivity index (χ0) is 17.4. The predicted molar refractivity (Wildman–Crippen MR) is 87.6 cm³/mol. The Bertz CT molecular complexity index is 717. The molecule has 0 radical (unpaired) electrons. The van der Waals surface area contributed by atoms with Crippen LogP contribution in [0.25, 0.3) is 0 Å². The molecule has 0 aliphatic rings. The van der Waals surface area contributed by atoms with Crippen LogP contribution in [0.2, 0.25) is 0 Å². The van der Waals surface area contributed by atoms with Gasteiger partial charge in [-0.3, -0.25) is 14.4 Å². The van der Waals surface area contributed by atoms with E-state index in [1.807, 2.05) is 6.07 Å². The van der Waals surface area contributed by atoms with Crippen LogP contribution in [0.4, 0.5) is 0 Å². The monoisotopic (exact) mass is 348 g/mol. The Labute approximate surface area is 142 Å². The summed E-state index contributed by atoms with van der Waals surface area (Å²) in [5.41, 5.74) is 1.09. The molecular formula is C15H16N4O4S. The lowest BCUT2D eigenvalue weighted by molar-refractivity contribution is -0.138. The number of carboxylic acids is 1. The number of amides is 1. The Balaban J connectivity index is 1.67. The Kier molecular flexibility index (Phi) is 6.50. The molecule has 1 heterocycles. The van der Waals surface area contributed by atoms with Gasteiger partial charge in [0.1, 0.15) is 12.2 Å². The number of hydrogen-bond acceptors (Lipinski definition) is 6. The van der Waals surface area contributed by atoms with Gasteiger partial charge in [-0.1, -0.05) is 35.5 Å². The number of nitrogens with one attached hydrogen (secondary N) is 1. The van der Waals surface area contributed by atoms with Crippen molar-refractivity contribution in [3.63, 3.8) is 0 Å². The molecule has 0 bridgehead atoms. The van der Waals surface area contributed by atoms with Gasteiger partial charge in [-0.15, -0.1) is 16.9 Å². The minimum atomic E-state index is -1.02. The fourth-order valence-corrected chi connectivity index (χ4v) is 2.56. The van der Waals surface area contributed by atoms with Gasteiger partial charge in [-0.05, 0) is 0 Å². The van der Waals surface area contributed by atoms with Gasteiger partial charge >= 0.3 is 5.97 Å². The highest BCUT2D eigenvalue weighted by Gasteiger charge is 2.09. The summed E-state index contributed by atoms with van der Waals surface area (Å²) < 4.78 is 1.18. The topological polar surface area (TPSA) is 114 Å². The van der Waals surface area contributed by atoms with E-state index in [9.17, 15) is 14.4 Å². The lowest BCUT2D eigenvalue weighted by Gasteiger charge is -2.03. The zero-order valence-electron chi connectivity index (χ0n) is 12.7. The first-order chi connectivity index (χ1) is 11.5. The maximum absolute atomic E-state index is 11.9. The van der Waals surface area contributed by atoms with E-state index >= 15 is 0 Å². The number of rotatable bonds is 9. The van der Waals surface area contributed by atoms with Crippen molar-refractivity contribution in [3.05, 3.63) is 47.8 Å². The standard InChI is InChI=1S/C15H16N4O4S/c20-13(11-4-2-1-3-5-11)9-24-10-14(21)16-6-12-7-19(18-17-12)8-15(22)23/h1-5,7H,6,8-10H2,(H,16,21)(H,22,23). The summed E-state index contributed by atoms with van der Waals surface area (Å²) in [6, 6.07) is 8.90. The van der Waals surface area contributed by atoms with Gasteiger partial charge in [0.05, 0.1) is 24.2 Å². The van der Waals surface area contributed by atoms with E-state index in [-0.39, 0.29) is 36.3 Å². The van der Waals surface area contributed by atoms with Crippen molar-refractivity contribution in [2.24, 2.45) is 0 Å². The smallest absolute Gasteiger partial charge is 0.325 e. The third-order valence-electron chi connectivity index (χ3n) is 2.91. The average molecular weight is 348 g/mol. The van der Waals surface area contributed by atoms with Crippen molar-refractivity contribution in [1.29, 1.82) is 0 Å². The molecular weight excluding hydrogens is 332 g/mol. The first kappa shape index (κ1) is 17.7. The average Bonchev–Trinajstić information content (AvgIpc) is 3.00. The molecule has 0 spiro atoms. The van der Waals surface area contributed by atoms with Crippen molar-refractivity contribution >= 4 is 29.4 Å². The van der Waals surface area contributed by atoms with Crippen molar-refractivity contribution in [1.82, 2.24) is 20.3 Å². The molecule has 2 rings (SSSR count). The fourth-order valence-electron chi connectivity index (χ4n) is 1.82. The molecule has 0 fully saturated rings. The highest BCUT2D eigenvalue weighted by Crippen LogP contribution is 2.07. The van der Waals surface area contributed by atoms with Gasteiger partial charge in [0.15, 0.2) is 5.78 Å². The Morgan fingerprint density at radius 3 is 2.62 bits per heavy atom. The second kappa shape index (κ2) is 8.82. The molecule has 126 valence electrons. The minimum absolute atomic E-state index is 0.0231. The van der Waals surface area contributed by atoms with E-state index in [1.165, 1.54) is 22.6 Å². The minimum Gasteiger partial charge on any atom is -0.480 e. The van der Waals surface area contributed by atoms with Crippen molar-refractivity contribution in [3.8, 4) is 0 Å². The second-order valence-corrected chi connectivity index (χ2v) is 5.85. The highest BCUT2D eigenvalue weighted by molar-refractivity contribution is 8.00. The van der Waals surface area contributed by atoms with Crippen molar-refractivity contribution < 1.29 is 19.5 Å². The van der Waals surface area contributed by atoms with Gasteiger partial charge in [0.25, 0.3) is 0 Å². The molecule has 0 saturated heterocycles. The van der Waals surface area contributed by atoms with E-state index in [2.05, 4.69) is 15.6 Å². The summed E-state index contributed by atoms with van der Waals surface area (Å²) in [7, 11) is 0. The Morgan fingerprint density at radius 2 is 1.92 bits per heavy atom. The van der Waals surface area contributed by atoms with E-state index < -0.39 is 5.97 Å². The maximum atomic E-state index is 11.9. The van der Waals surface area contributed by atoms with Gasteiger partial charge in [0.2, 0.25) is 5.91 Å². The van der Waals surface area contributed by atoms with Crippen LogP contribution >= 0.6 is 11.8 Å². The number of carbonyl (C=O) groups excluding carboxylic acids is 2. The first-order valence-corrected chi connectivity index (χ1v) is 8.23. The molecule has 8 nitrogen and oxygen atoms in total. The summed E-state index contributed by atoms with van der Waals surface area (Å²) in [5.74, 6) is -0.887. The third kappa shape index (κ3) is 5.84. The van der Waals surface area contributed by atoms with E-state index in [0.717, 1.165) is 0 Å². The van der Waals surface area contributed by atoms with Crippen LogP contribution in [0.15, 0.2) is 36.5 Å². The van der Waals surface area contributed by atoms with Crippen LogP contribution in [-0.4, -0.2) is 49.3 Å². The molecule has 2 N–H and O–H groups in total. The lowest BCUT2D eigenvalue weighted by Crippen LogP contribution is -2.25. The summed E-state index contributed by atoms with van der Waals surface area (Å²) in [4.78, 5) is 34.1. The number of Topliss-reactive ketones (excluding diaryl/α,β-unsaturated/α-hetero) is 1. The molecule has 0 atom stereocenters. The Morgan fingerprint density at radius 1 is 1.17 bits per heavy atom. The van der Waals surface area contributed by atoms with Gasteiger partial charge in [0, 0.05) is 5.56 Å². The molecule has 9 heteroatoms. The van der Waals surface area contributed by atoms with Crippen molar-refractivity contribution in [2.75, 3.05) is 11.5 Å². The number of ketones is 1. The number of hydrogen-bond donors (Lipinski definition) is 2. The SMILES string of the molecule is O=C(O)Cn1cc(CNC(=O)CSCC(=O)c2ccccc2)nn1. The zero-order valence-corrected chi connectivity index (χ0v) is 13.5. The Hall–Kier alpha value is -2.68. The molecule has 0 unspecified atom stereocenters. The second-order valence-electron chi connectivity index (χ2n) is 4.86. The first-order valence-electron chi connectivity index (χ1n) is 7.08. The number of aliphatic carboxylic acids is 1. The molecule has 1 aromatic heterocycles. The highest BCUT2D eigenvalue weighted by atomic mass is 32.2. The molecule has 1 amide bonds. The largest absolute Gasteiger partial charge is 0.480 e. The number of carboxylic acid groups (broad SMARTS) is 1. The number of carbonyl (C=O) groups is 3. The summed E-state index contributed by atoms with van der Waals surface area (Å²) in [6.45, 7) is -0.121. The van der Waals surface area contributed by atoms with Gasteiger partial charge < -0.3 is 10.4 Å². The van der Waals surface area contributed by atoms with Gasteiger partial charge in [-0.2, -0.15) is 0 Å². The van der Waals surface area contributed by atoms with Crippen LogP contribution in [0.1, 0.15) is 16.1 Å². The van der Waals surface area contributed by atoms with Crippen LogP contribution in [0.3, 0.4) is 0 Å². The molecule has 0 aliphatic carbocycles. The summed E-state index contributed by atoms with van der Waals surface area (Å²) in [5, 5.41) is 18.7. The maximum Gasteiger partial charge on any atom is 0.325 e. The molecule has 1 aromatic carbocycles. The quantitative estimate of drug-likeness (QED) is 0.638. The lowest BCUT2D eigenvalue weighted by atomic mass is 10.2. The van der Waals surface area contributed by atoms with E-state index in [1.54, 1.807) is 24.3 Å². The summed E-state index contributed by atoms with van der Waals surface area (Å²) >= 11 is 1.23.